The summed E-state index contributed by atoms with van der Waals surface area (Å²) < 4.78 is 5.94. The van der Waals surface area contributed by atoms with Gasteiger partial charge in [0.1, 0.15) is 11.9 Å². The van der Waals surface area contributed by atoms with Crippen LogP contribution in [0, 0.1) is 0 Å². The average molecular weight is 342 g/mol. The lowest BCUT2D eigenvalue weighted by molar-refractivity contribution is -0.145. The highest BCUT2D eigenvalue weighted by atomic mass is 16.5. The summed E-state index contributed by atoms with van der Waals surface area (Å²) in [7, 11) is 0. The zero-order valence-electron chi connectivity index (χ0n) is 13.9. The predicted octanol–water partition coefficient (Wildman–Crippen LogP) is 1.87. The highest BCUT2D eigenvalue weighted by Gasteiger charge is 2.31. The van der Waals surface area contributed by atoms with Crippen LogP contribution in [0.3, 0.4) is 0 Å². The van der Waals surface area contributed by atoms with Gasteiger partial charge in [0.15, 0.2) is 0 Å². The lowest BCUT2D eigenvalue weighted by Gasteiger charge is -2.35. The largest absolute Gasteiger partial charge is 0.480 e. The molecule has 2 aromatic rings. The fourth-order valence-corrected chi connectivity index (χ4v) is 3.09. The molecule has 1 fully saturated rings. The minimum Gasteiger partial charge on any atom is -0.480 e. The molecule has 0 aliphatic carbocycles. The van der Waals surface area contributed by atoms with Gasteiger partial charge in [0.05, 0.1) is 12.7 Å². The molecule has 0 radical (unpaired) electrons. The molecule has 0 saturated carbocycles. The van der Waals surface area contributed by atoms with E-state index in [9.17, 15) is 9.90 Å². The molecule has 7 heteroatoms. The first-order valence-corrected chi connectivity index (χ1v) is 8.32. The quantitative estimate of drug-likeness (QED) is 0.826. The van der Waals surface area contributed by atoms with Gasteiger partial charge >= 0.3 is 5.97 Å². The Morgan fingerprint density at radius 3 is 2.72 bits per heavy atom. The molecule has 25 heavy (non-hydrogen) atoms. The van der Waals surface area contributed by atoms with Crippen LogP contribution in [0.4, 0.5) is 5.82 Å². The van der Waals surface area contributed by atoms with Crippen molar-refractivity contribution in [1.29, 1.82) is 0 Å². The topological polar surface area (TPSA) is 102 Å². The number of carboxylic acids is 1. The molecular formula is C18H22N4O3. The maximum absolute atomic E-state index is 11.7. The maximum Gasteiger partial charge on any atom is 0.325 e. The number of piperidine rings is 1. The van der Waals surface area contributed by atoms with Crippen LogP contribution in [0.2, 0.25) is 0 Å². The number of nitrogens with zero attached hydrogens (tertiary/aromatic N) is 3. The number of hydrogen-bond acceptors (Lipinski definition) is 6. The molecule has 1 aliphatic heterocycles. The van der Waals surface area contributed by atoms with Crippen LogP contribution in [0.1, 0.15) is 30.0 Å². The van der Waals surface area contributed by atoms with Gasteiger partial charge in [-0.25, -0.2) is 4.98 Å². The van der Waals surface area contributed by atoms with E-state index >= 15 is 0 Å². The van der Waals surface area contributed by atoms with Crippen LogP contribution >= 0.6 is 0 Å². The number of nitrogens with two attached hydrogens (primary N) is 1. The Hall–Kier alpha value is -2.51. The summed E-state index contributed by atoms with van der Waals surface area (Å²) in [6, 6.07) is 6.53. The van der Waals surface area contributed by atoms with Crippen molar-refractivity contribution in [2.24, 2.45) is 0 Å². The Balaban J connectivity index is 1.56. The van der Waals surface area contributed by atoms with Gasteiger partial charge in [0, 0.05) is 31.7 Å². The number of carbonyl (C=O) groups is 1. The van der Waals surface area contributed by atoms with E-state index in [1.165, 1.54) is 0 Å². The monoisotopic (exact) mass is 342 g/mol. The number of aliphatic carboxylic acids is 1. The lowest BCUT2D eigenvalue weighted by atomic mass is 10.0. The number of rotatable bonds is 6. The third-order valence-corrected chi connectivity index (χ3v) is 4.41. The summed E-state index contributed by atoms with van der Waals surface area (Å²) in [6.07, 6.45) is 6.80. The third-order valence-electron chi connectivity index (χ3n) is 4.41. The van der Waals surface area contributed by atoms with E-state index in [1.807, 2.05) is 17.0 Å². The number of anilines is 1. The van der Waals surface area contributed by atoms with Gasteiger partial charge in [-0.1, -0.05) is 12.1 Å². The molecule has 3 heterocycles. The molecule has 0 spiro atoms. The minimum atomic E-state index is -0.874. The fraction of sp³-hybridized carbons (Fsp3) is 0.389. The smallest absolute Gasteiger partial charge is 0.325 e. The molecule has 132 valence electrons. The fourth-order valence-electron chi connectivity index (χ4n) is 3.09. The van der Waals surface area contributed by atoms with Crippen molar-refractivity contribution in [2.75, 3.05) is 18.8 Å². The van der Waals surface area contributed by atoms with Gasteiger partial charge in [-0.05, 0) is 36.1 Å². The first kappa shape index (κ1) is 17.3. The molecule has 1 aliphatic rings. The first-order valence-electron chi connectivity index (χ1n) is 8.32. The Morgan fingerprint density at radius 2 is 2.12 bits per heavy atom. The molecule has 7 nitrogen and oxygen atoms in total. The van der Waals surface area contributed by atoms with E-state index < -0.39 is 12.0 Å². The van der Waals surface area contributed by atoms with Crippen molar-refractivity contribution >= 4 is 11.8 Å². The highest BCUT2D eigenvalue weighted by molar-refractivity contribution is 5.75. The van der Waals surface area contributed by atoms with Gasteiger partial charge in [0.2, 0.25) is 0 Å². The summed E-state index contributed by atoms with van der Waals surface area (Å²) in [5.74, 6) is -0.489. The summed E-state index contributed by atoms with van der Waals surface area (Å²) in [5, 5.41) is 9.63. The second-order valence-electron chi connectivity index (χ2n) is 6.16. The van der Waals surface area contributed by atoms with E-state index in [0.29, 0.717) is 31.1 Å². The van der Waals surface area contributed by atoms with Gasteiger partial charge in [0.25, 0.3) is 0 Å². The molecule has 3 N–H and O–H groups in total. The van der Waals surface area contributed by atoms with Gasteiger partial charge in [-0.3, -0.25) is 14.7 Å². The summed E-state index contributed by atoms with van der Waals surface area (Å²) in [4.78, 5) is 21.8. The predicted molar refractivity (Wildman–Crippen MR) is 92.6 cm³/mol. The number of pyridine rings is 2. The van der Waals surface area contributed by atoms with Crippen LogP contribution in [-0.4, -0.2) is 45.1 Å². The van der Waals surface area contributed by atoms with Crippen molar-refractivity contribution in [2.45, 2.75) is 31.6 Å². The van der Waals surface area contributed by atoms with Gasteiger partial charge < -0.3 is 15.6 Å². The molecule has 0 aromatic carbocycles. The summed E-state index contributed by atoms with van der Waals surface area (Å²) in [5.41, 5.74) is 7.28. The molecule has 0 amide bonds. The number of nitrogen functional groups attached to an aromatic ring is 1. The SMILES string of the molecule is Nc1ccc([C@H](C(=O)O)N2CCC(OCc3cccnc3)CC2)cn1. The van der Waals surface area contributed by atoms with Crippen molar-refractivity contribution < 1.29 is 14.6 Å². The van der Waals surface area contributed by atoms with Crippen molar-refractivity contribution in [3.63, 3.8) is 0 Å². The first-order chi connectivity index (χ1) is 12.1. The zero-order valence-corrected chi connectivity index (χ0v) is 13.9. The number of carboxylic acid groups (broad SMARTS) is 1. The van der Waals surface area contributed by atoms with Crippen LogP contribution < -0.4 is 5.73 Å². The lowest BCUT2D eigenvalue weighted by Crippen LogP contribution is -2.42. The molecule has 1 atom stereocenters. The second-order valence-corrected chi connectivity index (χ2v) is 6.16. The Labute approximate surface area is 146 Å². The molecule has 0 unspecified atom stereocenters. The van der Waals surface area contributed by atoms with Crippen molar-refractivity contribution in [1.82, 2.24) is 14.9 Å². The summed E-state index contributed by atoms with van der Waals surface area (Å²) in [6.45, 7) is 1.86. The summed E-state index contributed by atoms with van der Waals surface area (Å²) >= 11 is 0. The van der Waals surface area contributed by atoms with E-state index in [4.69, 9.17) is 10.5 Å². The van der Waals surface area contributed by atoms with Crippen molar-refractivity contribution in [3.05, 3.63) is 54.0 Å². The van der Waals surface area contributed by atoms with Crippen LogP contribution in [0.15, 0.2) is 42.9 Å². The molecule has 2 aromatic heterocycles. The molecule has 3 rings (SSSR count). The Morgan fingerprint density at radius 1 is 1.32 bits per heavy atom. The highest BCUT2D eigenvalue weighted by Crippen LogP contribution is 2.26. The van der Waals surface area contributed by atoms with Crippen LogP contribution in [-0.2, 0) is 16.1 Å². The number of hydrogen-bond donors (Lipinski definition) is 2. The maximum atomic E-state index is 11.7. The van der Waals surface area contributed by atoms with E-state index in [2.05, 4.69) is 9.97 Å². The normalized spacial score (nSPS) is 17.3. The molecular weight excluding hydrogens is 320 g/mol. The Bertz CT molecular complexity index is 685. The number of aromatic nitrogens is 2. The standard InChI is InChI=1S/C18H22N4O3/c19-16-4-3-14(11-21-16)17(18(23)24)22-8-5-15(6-9-22)25-12-13-2-1-7-20-10-13/h1-4,7,10-11,15,17H,5-6,8-9,12H2,(H2,19,21)(H,23,24)/t17-/m1/s1. The van der Waals surface area contributed by atoms with Crippen LogP contribution in [0.5, 0.6) is 0 Å². The minimum absolute atomic E-state index is 0.135. The molecule has 1 saturated heterocycles. The van der Waals surface area contributed by atoms with Gasteiger partial charge in [-0.15, -0.1) is 0 Å². The van der Waals surface area contributed by atoms with Gasteiger partial charge in [-0.2, -0.15) is 0 Å². The number of likely N-dealkylation sites (tertiary alicyclic amines) is 1. The van der Waals surface area contributed by atoms with E-state index in [1.54, 1.807) is 30.7 Å². The average Bonchev–Trinajstić information content (AvgIpc) is 2.63. The zero-order chi connectivity index (χ0) is 17.6. The van der Waals surface area contributed by atoms with Crippen molar-refractivity contribution in [3.8, 4) is 0 Å². The van der Waals surface area contributed by atoms with Crippen LogP contribution in [0.25, 0.3) is 0 Å². The second kappa shape index (κ2) is 8.04. The Kier molecular flexibility index (Phi) is 5.57. The van der Waals surface area contributed by atoms with E-state index in [-0.39, 0.29) is 6.10 Å². The number of ether oxygens (including phenoxy) is 1. The third kappa shape index (κ3) is 4.52. The molecule has 0 bridgehead atoms. The van der Waals surface area contributed by atoms with E-state index in [0.717, 1.165) is 18.4 Å².